The largest absolute Gasteiger partial charge is 0.723 e. The number of hydrogen-bond donors (Lipinski definition) is 0. The maximum absolute atomic E-state index is 9.24. The van der Waals surface area contributed by atoms with Crippen LogP contribution in [0.1, 0.15) is 13.8 Å². The van der Waals surface area contributed by atoms with Crippen LogP contribution in [0.5, 0.6) is 0 Å². The summed E-state index contributed by atoms with van der Waals surface area (Å²) in [5, 5.41) is 9.24. The van der Waals surface area contributed by atoms with Gasteiger partial charge in [0.2, 0.25) is 0 Å². The van der Waals surface area contributed by atoms with Crippen molar-refractivity contribution in [1.29, 1.82) is 0 Å². The molecule has 0 saturated heterocycles. The summed E-state index contributed by atoms with van der Waals surface area (Å²) >= 11 is 0. The van der Waals surface area contributed by atoms with Gasteiger partial charge in [-0.25, -0.2) is 0 Å². The Hall–Kier alpha value is -0.0800. The first-order valence-corrected chi connectivity index (χ1v) is 2.02. The molecule has 0 rings (SSSR count). The molecule has 38 valence electrons. The average Bonchev–Trinajstić information content (AvgIpc) is 1.35. The van der Waals surface area contributed by atoms with Crippen molar-refractivity contribution in [2.75, 3.05) is 6.61 Å². The molecule has 0 aliphatic rings. The molecule has 0 atom stereocenters. The Kier molecular flexibility index (Phi) is 3.08. The molecule has 0 unspecified atom stereocenters. The molecule has 0 saturated carbocycles. The molecule has 0 spiro atoms. The fourth-order valence-corrected chi connectivity index (χ4v) is 0.136. The summed E-state index contributed by atoms with van der Waals surface area (Å²) in [6, 6.07) is 0. The predicted octanol–water partition coefficient (Wildman–Crippen LogP) is -0.0657. The molecule has 0 N–H and O–H groups in total. The van der Waals surface area contributed by atoms with Crippen molar-refractivity contribution < 1.29 is 10.1 Å². The van der Waals surface area contributed by atoms with Gasteiger partial charge in [0.1, 0.15) is 0 Å². The van der Waals surface area contributed by atoms with Crippen molar-refractivity contribution in [2.45, 2.75) is 13.8 Å². The maximum Gasteiger partial charge on any atom is 0.0364 e. The van der Waals surface area contributed by atoms with Gasteiger partial charge < -0.3 is 10.1 Å². The van der Waals surface area contributed by atoms with Gasteiger partial charge in [0.15, 0.2) is 0 Å². The second-order valence-electron chi connectivity index (χ2n) is 1.68. The van der Waals surface area contributed by atoms with Crippen LogP contribution in [0, 0.1) is 5.92 Å². The van der Waals surface area contributed by atoms with Crippen molar-refractivity contribution in [3.63, 3.8) is 0 Å². The lowest BCUT2D eigenvalue weighted by Gasteiger charge is -2.07. The van der Waals surface area contributed by atoms with Crippen LogP contribution in [0.25, 0.3) is 0 Å². The van der Waals surface area contributed by atoms with Crippen molar-refractivity contribution in [3.05, 3.63) is 0 Å². The van der Waals surface area contributed by atoms with E-state index in [1.54, 1.807) is 0 Å². The van der Waals surface area contributed by atoms with Gasteiger partial charge >= 0.3 is 0 Å². The molecule has 0 aromatic carbocycles. The molecule has 0 aromatic rings. The van der Waals surface area contributed by atoms with Gasteiger partial charge in [-0.1, -0.05) is 13.8 Å². The van der Waals surface area contributed by atoms with Gasteiger partial charge in [-0.3, -0.25) is 0 Å². The topological polar surface area (TPSA) is 32.3 Å². The van der Waals surface area contributed by atoms with E-state index in [9.17, 15) is 5.26 Å². The highest BCUT2D eigenvalue weighted by molar-refractivity contribution is 4.33. The van der Waals surface area contributed by atoms with Gasteiger partial charge in [0.05, 0.1) is 0 Å². The summed E-state index contributed by atoms with van der Waals surface area (Å²) < 4.78 is 0. The quantitative estimate of drug-likeness (QED) is 0.350. The van der Waals surface area contributed by atoms with Crippen LogP contribution >= 0.6 is 0 Å². The van der Waals surface area contributed by atoms with Gasteiger partial charge in [-0.15, -0.1) is 0 Å². The molecular weight excluding hydrogens is 80.0 g/mol. The highest BCUT2D eigenvalue weighted by Crippen LogP contribution is 1.86. The van der Waals surface area contributed by atoms with Gasteiger partial charge in [-0.2, -0.15) is 0 Å². The monoisotopic (exact) mass is 89.1 g/mol. The first kappa shape index (κ1) is 5.92. The molecular formula is C4H9O2-. The number of hydrogen-bond acceptors (Lipinski definition) is 2. The zero-order chi connectivity index (χ0) is 4.99. The van der Waals surface area contributed by atoms with Crippen molar-refractivity contribution in [3.8, 4) is 0 Å². The maximum atomic E-state index is 9.24. The summed E-state index contributed by atoms with van der Waals surface area (Å²) in [6.45, 7) is 4.18. The van der Waals surface area contributed by atoms with Crippen LogP contribution in [0.3, 0.4) is 0 Å². The Labute approximate surface area is 37.7 Å². The first-order valence-electron chi connectivity index (χ1n) is 2.02. The molecule has 0 fully saturated rings. The standard InChI is InChI=1S/C4H10O2/c1-4(2)3-6-5/h4-5H,3H2,1-2H3/p-1. The Morgan fingerprint density at radius 1 is 1.67 bits per heavy atom. The lowest BCUT2D eigenvalue weighted by atomic mass is 10.2. The molecule has 2 heteroatoms. The van der Waals surface area contributed by atoms with Crippen LogP contribution < -0.4 is 5.26 Å². The normalized spacial score (nSPS) is 10.0. The van der Waals surface area contributed by atoms with Crippen LogP contribution in [0.2, 0.25) is 0 Å². The van der Waals surface area contributed by atoms with Crippen molar-refractivity contribution in [1.82, 2.24) is 0 Å². The molecule has 2 nitrogen and oxygen atoms in total. The molecule has 0 heterocycles. The summed E-state index contributed by atoms with van der Waals surface area (Å²) in [4.78, 5) is 3.55. The van der Waals surface area contributed by atoms with E-state index in [1.165, 1.54) is 0 Å². The van der Waals surface area contributed by atoms with Crippen molar-refractivity contribution in [2.24, 2.45) is 5.92 Å². The lowest BCUT2D eigenvalue weighted by molar-refractivity contribution is -0.691. The summed E-state index contributed by atoms with van der Waals surface area (Å²) in [7, 11) is 0. The molecule has 0 amide bonds. The average molecular weight is 89.1 g/mol. The van der Waals surface area contributed by atoms with E-state index in [0.29, 0.717) is 12.5 Å². The van der Waals surface area contributed by atoms with E-state index >= 15 is 0 Å². The Morgan fingerprint density at radius 3 is 2.17 bits per heavy atom. The Bertz CT molecular complexity index is 26.7. The van der Waals surface area contributed by atoms with Crippen molar-refractivity contribution >= 4 is 0 Å². The molecule has 0 radical (unpaired) electrons. The molecule has 0 aromatic heterocycles. The Morgan fingerprint density at radius 2 is 2.17 bits per heavy atom. The third kappa shape index (κ3) is 3.92. The second-order valence-corrected chi connectivity index (χ2v) is 1.68. The molecule has 0 aliphatic heterocycles. The molecule has 0 aliphatic carbocycles. The van der Waals surface area contributed by atoms with E-state index in [-0.39, 0.29) is 0 Å². The fourth-order valence-electron chi connectivity index (χ4n) is 0.136. The van der Waals surface area contributed by atoms with E-state index in [0.717, 1.165) is 0 Å². The minimum atomic E-state index is 0.319. The highest BCUT2D eigenvalue weighted by Gasteiger charge is 1.83. The fraction of sp³-hybridized carbons (Fsp3) is 1.00. The van der Waals surface area contributed by atoms with Gasteiger partial charge in [0, 0.05) is 6.61 Å². The van der Waals surface area contributed by atoms with Gasteiger partial charge in [-0.05, 0) is 5.92 Å². The molecule has 6 heavy (non-hydrogen) atoms. The van der Waals surface area contributed by atoms with E-state index in [4.69, 9.17) is 0 Å². The van der Waals surface area contributed by atoms with E-state index < -0.39 is 0 Å². The smallest absolute Gasteiger partial charge is 0.0364 e. The lowest BCUT2D eigenvalue weighted by Crippen LogP contribution is -2.10. The summed E-state index contributed by atoms with van der Waals surface area (Å²) in [5.41, 5.74) is 0. The molecule has 0 bridgehead atoms. The van der Waals surface area contributed by atoms with Crippen LogP contribution in [-0.4, -0.2) is 6.61 Å². The van der Waals surface area contributed by atoms with Gasteiger partial charge in [0.25, 0.3) is 0 Å². The third-order valence-corrected chi connectivity index (χ3v) is 0.401. The van der Waals surface area contributed by atoms with E-state index in [2.05, 4.69) is 4.89 Å². The minimum Gasteiger partial charge on any atom is -0.723 e. The number of rotatable bonds is 2. The first-order chi connectivity index (χ1) is 2.77. The zero-order valence-electron chi connectivity index (χ0n) is 4.10. The third-order valence-electron chi connectivity index (χ3n) is 0.401. The second kappa shape index (κ2) is 3.12. The van der Waals surface area contributed by atoms with Crippen LogP contribution in [0.15, 0.2) is 0 Å². The zero-order valence-corrected chi connectivity index (χ0v) is 4.10. The SMILES string of the molecule is CC(C)CO[O-]. The van der Waals surface area contributed by atoms with Crippen LogP contribution in [0.4, 0.5) is 0 Å². The minimum absolute atomic E-state index is 0.319. The highest BCUT2D eigenvalue weighted by atomic mass is 17.1. The van der Waals surface area contributed by atoms with E-state index in [1.807, 2.05) is 13.8 Å². The Balaban J connectivity index is 2.63. The summed E-state index contributed by atoms with van der Waals surface area (Å²) in [5.74, 6) is 0.363. The van der Waals surface area contributed by atoms with Crippen LogP contribution in [-0.2, 0) is 4.89 Å². The summed E-state index contributed by atoms with van der Waals surface area (Å²) in [6.07, 6.45) is 0. The predicted molar refractivity (Wildman–Crippen MR) is 20.8 cm³/mol.